The number of aliphatic carboxylic acids is 1. The summed E-state index contributed by atoms with van der Waals surface area (Å²) in [6, 6.07) is 3.44. The van der Waals surface area contributed by atoms with Crippen molar-refractivity contribution in [3.8, 4) is 0 Å². The topological polar surface area (TPSA) is 72.9 Å². The van der Waals surface area contributed by atoms with Crippen LogP contribution in [0.25, 0.3) is 0 Å². The van der Waals surface area contributed by atoms with Crippen molar-refractivity contribution >= 4 is 24.4 Å². The maximum atomic E-state index is 13.4. The summed E-state index contributed by atoms with van der Waals surface area (Å²) in [7, 11) is 0. The largest absolute Gasteiger partial charge is 0.480 e. The number of carbonyl (C=O) groups excluding carboxylic acids is 1. The van der Waals surface area contributed by atoms with E-state index in [-0.39, 0.29) is 37.6 Å². The molecular formula is C17H24ClF2N3O3. The van der Waals surface area contributed by atoms with Gasteiger partial charge in [0.05, 0.1) is 6.54 Å². The van der Waals surface area contributed by atoms with Crippen LogP contribution in [0.15, 0.2) is 18.2 Å². The molecule has 0 aliphatic carbocycles. The molecule has 2 rings (SSSR count). The van der Waals surface area contributed by atoms with E-state index in [4.69, 9.17) is 5.11 Å². The van der Waals surface area contributed by atoms with Gasteiger partial charge in [-0.05, 0) is 37.5 Å². The van der Waals surface area contributed by atoms with Crippen LogP contribution in [0.3, 0.4) is 0 Å². The van der Waals surface area contributed by atoms with Crippen molar-refractivity contribution in [2.45, 2.75) is 32.4 Å². The van der Waals surface area contributed by atoms with Crippen LogP contribution in [0.2, 0.25) is 0 Å². The molecule has 0 saturated carbocycles. The Bertz CT molecular complexity index is 625. The number of hydrogen-bond acceptors (Lipinski definition) is 3. The standard InChI is InChI=1S/C17H23F2N3O3.ClH/c1-2-20-17(25)21-7-5-13(6-8-21)22(11-16(23)24)10-12-3-4-14(18)15(19)9-12;/h3-4,9,13H,2,5-8,10-11H2,1H3,(H,20,25)(H,23,24);1H. The molecule has 1 aromatic rings. The van der Waals surface area contributed by atoms with E-state index in [0.717, 1.165) is 12.1 Å². The summed E-state index contributed by atoms with van der Waals surface area (Å²) < 4.78 is 26.4. The van der Waals surface area contributed by atoms with Gasteiger partial charge in [0.2, 0.25) is 0 Å². The third kappa shape index (κ3) is 6.10. The highest BCUT2D eigenvalue weighted by molar-refractivity contribution is 5.85. The SMILES string of the molecule is CCNC(=O)N1CCC(N(CC(=O)O)Cc2ccc(F)c(F)c2)CC1.Cl. The Hall–Kier alpha value is -1.93. The van der Waals surface area contributed by atoms with E-state index < -0.39 is 17.6 Å². The van der Waals surface area contributed by atoms with Crippen molar-refractivity contribution in [3.63, 3.8) is 0 Å². The number of amides is 2. The predicted octanol–water partition coefficient (Wildman–Crippen LogP) is 2.47. The van der Waals surface area contributed by atoms with Crippen molar-refractivity contribution in [1.82, 2.24) is 15.1 Å². The highest BCUT2D eigenvalue weighted by Crippen LogP contribution is 2.20. The fourth-order valence-corrected chi connectivity index (χ4v) is 3.06. The third-order valence-electron chi connectivity index (χ3n) is 4.30. The molecule has 0 atom stereocenters. The Kier molecular flexibility index (Phi) is 8.74. The van der Waals surface area contributed by atoms with E-state index in [1.165, 1.54) is 6.07 Å². The van der Waals surface area contributed by atoms with Gasteiger partial charge in [0, 0.05) is 32.2 Å². The molecule has 0 radical (unpaired) electrons. The molecule has 1 aliphatic heterocycles. The Balaban J connectivity index is 0.00000338. The highest BCUT2D eigenvalue weighted by atomic mass is 35.5. The molecule has 26 heavy (non-hydrogen) atoms. The van der Waals surface area contributed by atoms with Crippen LogP contribution in [0.5, 0.6) is 0 Å². The molecular weight excluding hydrogens is 368 g/mol. The van der Waals surface area contributed by atoms with Crippen LogP contribution >= 0.6 is 12.4 Å². The molecule has 2 amide bonds. The summed E-state index contributed by atoms with van der Waals surface area (Å²) in [6.07, 6.45) is 1.27. The molecule has 0 bridgehead atoms. The first kappa shape index (κ1) is 22.1. The maximum Gasteiger partial charge on any atom is 0.317 e. The van der Waals surface area contributed by atoms with Gasteiger partial charge in [0.1, 0.15) is 0 Å². The quantitative estimate of drug-likeness (QED) is 0.781. The fourth-order valence-electron chi connectivity index (χ4n) is 3.06. The fraction of sp³-hybridized carbons (Fsp3) is 0.529. The number of halogens is 3. The molecule has 146 valence electrons. The Morgan fingerprint density at radius 1 is 1.27 bits per heavy atom. The molecule has 1 fully saturated rings. The lowest BCUT2D eigenvalue weighted by Gasteiger charge is -2.37. The average molecular weight is 392 g/mol. The number of nitrogens with zero attached hydrogens (tertiary/aromatic N) is 2. The van der Waals surface area contributed by atoms with Gasteiger partial charge < -0.3 is 15.3 Å². The molecule has 0 spiro atoms. The summed E-state index contributed by atoms with van der Waals surface area (Å²) in [5.41, 5.74) is 0.520. The van der Waals surface area contributed by atoms with E-state index in [9.17, 15) is 18.4 Å². The lowest BCUT2D eigenvalue weighted by atomic mass is 10.0. The van der Waals surface area contributed by atoms with Gasteiger partial charge in [0.15, 0.2) is 11.6 Å². The van der Waals surface area contributed by atoms with Gasteiger partial charge in [-0.15, -0.1) is 12.4 Å². The van der Waals surface area contributed by atoms with Crippen LogP contribution in [0.1, 0.15) is 25.3 Å². The van der Waals surface area contributed by atoms with E-state index in [1.54, 1.807) is 9.80 Å². The molecule has 1 aliphatic rings. The molecule has 6 nitrogen and oxygen atoms in total. The number of hydrogen-bond donors (Lipinski definition) is 2. The van der Waals surface area contributed by atoms with Gasteiger partial charge >= 0.3 is 12.0 Å². The van der Waals surface area contributed by atoms with Crippen LogP contribution in [-0.4, -0.2) is 59.1 Å². The number of carboxylic acid groups (broad SMARTS) is 1. The monoisotopic (exact) mass is 391 g/mol. The zero-order valence-corrected chi connectivity index (χ0v) is 15.4. The second-order valence-electron chi connectivity index (χ2n) is 6.10. The number of likely N-dealkylation sites (tertiary alicyclic amines) is 1. The van der Waals surface area contributed by atoms with E-state index in [2.05, 4.69) is 5.32 Å². The maximum absolute atomic E-state index is 13.4. The molecule has 1 saturated heterocycles. The highest BCUT2D eigenvalue weighted by Gasteiger charge is 2.28. The van der Waals surface area contributed by atoms with Gasteiger partial charge in [-0.3, -0.25) is 9.69 Å². The first-order valence-electron chi connectivity index (χ1n) is 8.33. The van der Waals surface area contributed by atoms with E-state index in [0.29, 0.717) is 38.0 Å². The van der Waals surface area contributed by atoms with Gasteiger partial charge in [0.25, 0.3) is 0 Å². The molecule has 9 heteroatoms. The number of benzene rings is 1. The molecule has 0 aromatic heterocycles. The molecule has 0 unspecified atom stereocenters. The smallest absolute Gasteiger partial charge is 0.317 e. The molecule has 1 heterocycles. The Morgan fingerprint density at radius 2 is 1.92 bits per heavy atom. The molecule has 1 aromatic carbocycles. The number of carbonyl (C=O) groups is 2. The van der Waals surface area contributed by atoms with Crippen LogP contribution in [-0.2, 0) is 11.3 Å². The Labute approximate surface area is 157 Å². The van der Waals surface area contributed by atoms with Crippen molar-refractivity contribution in [3.05, 3.63) is 35.4 Å². The summed E-state index contributed by atoms with van der Waals surface area (Å²) in [4.78, 5) is 26.5. The van der Waals surface area contributed by atoms with Crippen LogP contribution < -0.4 is 5.32 Å². The minimum absolute atomic E-state index is 0. The first-order chi connectivity index (χ1) is 11.9. The minimum Gasteiger partial charge on any atom is -0.480 e. The van der Waals surface area contributed by atoms with Crippen molar-refractivity contribution in [2.24, 2.45) is 0 Å². The number of rotatable bonds is 6. The zero-order chi connectivity index (χ0) is 18.4. The summed E-state index contributed by atoms with van der Waals surface area (Å²) in [5, 5.41) is 11.9. The lowest BCUT2D eigenvalue weighted by Crippen LogP contribution is -2.50. The second-order valence-corrected chi connectivity index (χ2v) is 6.10. The number of carboxylic acids is 1. The van der Waals surface area contributed by atoms with Gasteiger partial charge in [-0.1, -0.05) is 6.07 Å². The average Bonchev–Trinajstić information content (AvgIpc) is 2.57. The van der Waals surface area contributed by atoms with Crippen LogP contribution in [0, 0.1) is 11.6 Å². The van der Waals surface area contributed by atoms with E-state index in [1.807, 2.05) is 6.92 Å². The van der Waals surface area contributed by atoms with Crippen molar-refractivity contribution in [1.29, 1.82) is 0 Å². The van der Waals surface area contributed by atoms with E-state index >= 15 is 0 Å². The van der Waals surface area contributed by atoms with Crippen molar-refractivity contribution in [2.75, 3.05) is 26.2 Å². The summed E-state index contributed by atoms with van der Waals surface area (Å²) in [6.45, 7) is 3.50. The number of nitrogens with one attached hydrogen (secondary N) is 1. The normalized spacial score (nSPS) is 14.8. The van der Waals surface area contributed by atoms with Gasteiger partial charge in [-0.2, -0.15) is 0 Å². The van der Waals surface area contributed by atoms with Gasteiger partial charge in [-0.25, -0.2) is 13.6 Å². The molecule has 2 N–H and O–H groups in total. The summed E-state index contributed by atoms with van der Waals surface area (Å²) in [5.74, 6) is -2.85. The Morgan fingerprint density at radius 3 is 2.46 bits per heavy atom. The zero-order valence-electron chi connectivity index (χ0n) is 14.6. The lowest BCUT2D eigenvalue weighted by molar-refractivity contribution is -0.139. The minimum atomic E-state index is -0.978. The third-order valence-corrected chi connectivity index (χ3v) is 4.30. The number of urea groups is 1. The first-order valence-corrected chi connectivity index (χ1v) is 8.33. The summed E-state index contributed by atoms with van der Waals surface area (Å²) >= 11 is 0. The van der Waals surface area contributed by atoms with Crippen molar-refractivity contribution < 1.29 is 23.5 Å². The predicted molar refractivity (Wildman–Crippen MR) is 95.3 cm³/mol. The second kappa shape index (κ2) is 10.3. The van der Waals surface area contributed by atoms with Crippen LogP contribution in [0.4, 0.5) is 13.6 Å². The number of piperidine rings is 1.